The Morgan fingerprint density at radius 3 is 2.42 bits per heavy atom. The maximum Gasteiger partial charge on any atom is 0.162 e. The van der Waals surface area contributed by atoms with Crippen LogP contribution < -0.4 is 5.73 Å². The molecule has 0 spiro atoms. The molecule has 19 heavy (non-hydrogen) atoms. The highest BCUT2D eigenvalue weighted by molar-refractivity contribution is 5.89. The van der Waals surface area contributed by atoms with Crippen LogP contribution in [0.25, 0.3) is 22.3 Å². The van der Waals surface area contributed by atoms with E-state index in [0.29, 0.717) is 11.6 Å². The van der Waals surface area contributed by atoms with Crippen molar-refractivity contribution in [3.63, 3.8) is 0 Å². The molecule has 0 radical (unpaired) electrons. The van der Waals surface area contributed by atoms with Gasteiger partial charge in [0.15, 0.2) is 5.82 Å². The molecule has 0 fully saturated rings. The predicted octanol–water partition coefficient (Wildman–Crippen LogP) is 2.86. The third kappa shape index (κ3) is 2.00. The van der Waals surface area contributed by atoms with Crippen LogP contribution >= 0.6 is 0 Å². The first-order chi connectivity index (χ1) is 9.28. The number of anilines is 1. The van der Waals surface area contributed by atoms with E-state index in [1.54, 1.807) is 0 Å². The van der Waals surface area contributed by atoms with E-state index in [-0.39, 0.29) is 0 Å². The minimum atomic E-state index is 0.488. The Kier molecular flexibility index (Phi) is 2.62. The quantitative estimate of drug-likeness (QED) is 0.671. The second-order valence-corrected chi connectivity index (χ2v) is 4.17. The van der Waals surface area contributed by atoms with Gasteiger partial charge in [0, 0.05) is 16.5 Å². The van der Waals surface area contributed by atoms with Gasteiger partial charge < -0.3 is 5.73 Å². The summed E-state index contributed by atoms with van der Waals surface area (Å²) in [7, 11) is 0. The third-order valence-electron chi connectivity index (χ3n) is 2.94. The molecule has 1 aromatic heterocycles. The number of benzene rings is 2. The molecule has 0 amide bonds. The molecule has 3 nitrogen and oxygen atoms in total. The summed E-state index contributed by atoms with van der Waals surface area (Å²) in [4.78, 5) is 8.86. The lowest BCUT2D eigenvalue weighted by Crippen LogP contribution is -1.97. The van der Waals surface area contributed by atoms with Crippen LogP contribution in [0.5, 0.6) is 0 Å². The van der Waals surface area contributed by atoms with Crippen molar-refractivity contribution in [2.24, 2.45) is 0 Å². The number of rotatable bonds is 1. The number of fused-ring (bicyclic) bond motifs is 1. The number of nitrogens with zero attached hydrogens (tertiary/aromatic N) is 2. The largest absolute Gasteiger partial charge is 0.383 e. The van der Waals surface area contributed by atoms with Crippen molar-refractivity contribution in [2.45, 2.75) is 0 Å². The van der Waals surface area contributed by atoms with Crippen molar-refractivity contribution in [1.29, 1.82) is 0 Å². The molecule has 0 unspecified atom stereocenters. The fourth-order valence-corrected chi connectivity index (χ4v) is 1.95. The summed E-state index contributed by atoms with van der Waals surface area (Å²) in [5.41, 5.74) is 8.54. The third-order valence-corrected chi connectivity index (χ3v) is 2.94. The lowest BCUT2D eigenvalue weighted by molar-refractivity contribution is 1.23. The summed E-state index contributed by atoms with van der Waals surface area (Å²) in [5, 5.41) is 0.867. The van der Waals surface area contributed by atoms with Crippen LogP contribution in [0.1, 0.15) is 5.56 Å². The van der Waals surface area contributed by atoms with Crippen molar-refractivity contribution in [3.05, 3.63) is 54.1 Å². The molecule has 0 aliphatic carbocycles. The van der Waals surface area contributed by atoms with Crippen LogP contribution in [0.3, 0.4) is 0 Å². The molecule has 2 aromatic carbocycles. The van der Waals surface area contributed by atoms with Crippen molar-refractivity contribution in [2.75, 3.05) is 5.73 Å². The first-order valence-electron chi connectivity index (χ1n) is 5.87. The Balaban J connectivity index is 2.17. The zero-order valence-electron chi connectivity index (χ0n) is 10.2. The van der Waals surface area contributed by atoms with Crippen molar-refractivity contribution in [1.82, 2.24) is 9.97 Å². The maximum atomic E-state index is 5.97. The second-order valence-electron chi connectivity index (χ2n) is 4.17. The zero-order chi connectivity index (χ0) is 13.2. The van der Waals surface area contributed by atoms with Crippen molar-refractivity contribution in [3.8, 4) is 23.7 Å². The molecular formula is C16H11N3. The predicted molar refractivity (Wildman–Crippen MR) is 77.3 cm³/mol. The zero-order valence-corrected chi connectivity index (χ0v) is 10.2. The molecule has 3 heteroatoms. The van der Waals surface area contributed by atoms with Crippen LogP contribution in [-0.2, 0) is 0 Å². The fourth-order valence-electron chi connectivity index (χ4n) is 1.95. The van der Waals surface area contributed by atoms with Crippen LogP contribution in [0.4, 0.5) is 5.82 Å². The Bertz CT molecular complexity index is 783. The van der Waals surface area contributed by atoms with Gasteiger partial charge in [-0.1, -0.05) is 18.1 Å². The Labute approximate surface area is 111 Å². The highest BCUT2D eigenvalue weighted by Crippen LogP contribution is 2.22. The highest BCUT2D eigenvalue weighted by atomic mass is 14.9. The Morgan fingerprint density at radius 2 is 1.68 bits per heavy atom. The maximum absolute atomic E-state index is 5.97. The van der Waals surface area contributed by atoms with Crippen LogP contribution in [0.15, 0.2) is 48.5 Å². The molecule has 90 valence electrons. The van der Waals surface area contributed by atoms with Gasteiger partial charge in [0.1, 0.15) is 5.82 Å². The summed E-state index contributed by atoms with van der Waals surface area (Å²) in [6, 6.07) is 15.2. The van der Waals surface area contributed by atoms with Crippen LogP contribution in [0.2, 0.25) is 0 Å². The highest BCUT2D eigenvalue weighted by Gasteiger charge is 2.06. The van der Waals surface area contributed by atoms with Gasteiger partial charge >= 0.3 is 0 Å². The van der Waals surface area contributed by atoms with E-state index in [9.17, 15) is 0 Å². The molecule has 3 aromatic rings. The standard InChI is InChI=1S/C16H11N3/c1-2-11-7-9-12(10-8-11)16-18-14-6-4-3-5-13(14)15(17)19-16/h1,3-10H,(H2,17,18,19). The smallest absolute Gasteiger partial charge is 0.162 e. The summed E-state index contributed by atoms with van der Waals surface area (Å²) >= 11 is 0. The van der Waals surface area contributed by atoms with Gasteiger partial charge in [-0.3, -0.25) is 0 Å². The minimum Gasteiger partial charge on any atom is -0.383 e. The van der Waals surface area contributed by atoms with Gasteiger partial charge in [-0.2, -0.15) is 0 Å². The average Bonchev–Trinajstić information content (AvgIpc) is 2.47. The van der Waals surface area contributed by atoms with E-state index < -0.39 is 0 Å². The number of nitrogens with two attached hydrogens (primary N) is 1. The van der Waals surface area contributed by atoms with Gasteiger partial charge in [-0.05, 0) is 36.4 Å². The molecule has 0 bridgehead atoms. The van der Waals surface area contributed by atoms with Crippen molar-refractivity contribution < 1.29 is 0 Å². The fraction of sp³-hybridized carbons (Fsp3) is 0. The van der Waals surface area contributed by atoms with E-state index in [1.165, 1.54) is 0 Å². The molecule has 0 saturated heterocycles. The Morgan fingerprint density at radius 1 is 0.947 bits per heavy atom. The number of nitrogen functional groups attached to an aromatic ring is 1. The Hall–Kier alpha value is -2.86. The number of aromatic nitrogens is 2. The van der Waals surface area contributed by atoms with Gasteiger partial charge in [-0.25, -0.2) is 9.97 Å². The molecule has 0 aliphatic heterocycles. The second kappa shape index (κ2) is 4.43. The monoisotopic (exact) mass is 245 g/mol. The van der Waals surface area contributed by atoms with E-state index in [1.807, 2.05) is 48.5 Å². The first kappa shape index (κ1) is 11.2. The lowest BCUT2D eigenvalue weighted by atomic mass is 10.1. The summed E-state index contributed by atoms with van der Waals surface area (Å²) in [6.45, 7) is 0. The molecule has 0 atom stereocenters. The lowest BCUT2D eigenvalue weighted by Gasteiger charge is -2.05. The summed E-state index contributed by atoms with van der Waals surface area (Å²) in [6.07, 6.45) is 5.34. The van der Waals surface area contributed by atoms with E-state index in [4.69, 9.17) is 12.2 Å². The van der Waals surface area contributed by atoms with Gasteiger partial charge in [0.05, 0.1) is 5.52 Å². The van der Waals surface area contributed by atoms with Gasteiger partial charge in [-0.15, -0.1) is 6.42 Å². The van der Waals surface area contributed by atoms with Crippen molar-refractivity contribution >= 4 is 16.7 Å². The SMILES string of the molecule is C#Cc1ccc(-c2nc(N)c3ccccc3n2)cc1. The molecule has 1 heterocycles. The molecular weight excluding hydrogens is 234 g/mol. The summed E-state index contributed by atoms with van der Waals surface area (Å²) in [5.74, 6) is 3.68. The van der Waals surface area contributed by atoms with Gasteiger partial charge in [0.2, 0.25) is 0 Å². The van der Waals surface area contributed by atoms with Crippen LogP contribution in [-0.4, -0.2) is 9.97 Å². The topological polar surface area (TPSA) is 51.8 Å². The molecule has 2 N–H and O–H groups in total. The number of hydrogen-bond acceptors (Lipinski definition) is 3. The molecule has 0 saturated carbocycles. The normalized spacial score (nSPS) is 10.3. The minimum absolute atomic E-state index is 0.488. The van der Waals surface area contributed by atoms with Gasteiger partial charge in [0.25, 0.3) is 0 Å². The first-order valence-corrected chi connectivity index (χ1v) is 5.87. The van der Waals surface area contributed by atoms with E-state index in [2.05, 4.69) is 15.9 Å². The van der Waals surface area contributed by atoms with E-state index >= 15 is 0 Å². The summed E-state index contributed by atoms with van der Waals surface area (Å²) < 4.78 is 0. The molecule has 0 aliphatic rings. The number of terminal acetylenes is 1. The average molecular weight is 245 g/mol. The molecule has 3 rings (SSSR count). The van der Waals surface area contributed by atoms with E-state index in [0.717, 1.165) is 22.0 Å². The van der Waals surface area contributed by atoms with Crippen LogP contribution in [0, 0.1) is 12.3 Å². The number of para-hydroxylation sites is 1. The number of hydrogen-bond donors (Lipinski definition) is 1.